The van der Waals surface area contributed by atoms with Gasteiger partial charge in [-0.15, -0.1) is 0 Å². The third kappa shape index (κ3) is 7.45. The molecular weight excluding hydrogens is 516 g/mol. The second-order valence-electron chi connectivity index (χ2n) is 9.84. The summed E-state index contributed by atoms with van der Waals surface area (Å²) >= 11 is 0. The molecule has 0 atom stereocenters. The predicted octanol–water partition coefficient (Wildman–Crippen LogP) is 6.32. The van der Waals surface area contributed by atoms with Crippen LogP contribution in [0.3, 0.4) is 0 Å². The minimum atomic E-state index is -0.307. The lowest BCUT2D eigenvalue weighted by atomic mass is 10.00. The van der Waals surface area contributed by atoms with Gasteiger partial charge in [-0.1, -0.05) is 48.5 Å². The first-order chi connectivity index (χ1) is 19.6. The van der Waals surface area contributed by atoms with Crippen LogP contribution < -0.4 is 21.3 Å². The Balaban J connectivity index is 1.43. The normalized spacial score (nSPS) is 10.4. The number of hydrogen-bond acceptors (Lipinski definition) is 4. The fourth-order valence-electron chi connectivity index (χ4n) is 4.53. The van der Waals surface area contributed by atoms with Crippen molar-refractivity contribution >= 4 is 46.4 Å². The van der Waals surface area contributed by atoms with Gasteiger partial charge in [0.1, 0.15) is 0 Å². The van der Waals surface area contributed by atoms with Gasteiger partial charge in [0.15, 0.2) is 0 Å². The Bertz CT molecular complexity index is 1520. The van der Waals surface area contributed by atoms with Crippen LogP contribution in [-0.4, -0.2) is 23.6 Å². The molecule has 0 radical (unpaired) electrons. The summed E-state index contributed by atoms with van der Waals surface area (Å²) in [6.45, 7) is 6.67. The summed E-state index contributed by atoms with van der Waals surface area (Å²) < 4.78 is 0. The van der Waals surface area contributed by atoms with E-state index < -0.39 is 0 Å². The van der Waals surface area contributed by atoms with Crippen LogP contribution in [0.25, 0.3) is 0 Å². The number of benzene rings is 4. The summed E-state index contributed by atoms with van der Waals surface area (Å²) in [4.78, 5) is 48.9. The molecule has 8 heteroatoms. The van der Waals surface area contributed by atoms with Gasteiger partial charge in [0.2, 0.25) is 11.8 Å². The number of amides is 4. The van der Waals surface area contributed by atoms with Crippen molar-refractivity contribution in [2.45, 2.75) is 34.1 Å². The molecule has 0 aliphatic carbocycles. The summed E-state index contributed by atoms with van der Waals surface area (Å²) in [5.74, 6) is -1.11. The number of anilines is 4. The Morgan fingerprint density at radius 1 is 0.512 bits per heavy atom. The molecule has 0 saturated carbocycles. The van der Waals surface area contributed by atoms with E-state index in [-0.39, 0.29) is 23.6 Å². The van der Waals surface area contributed by atoms with Crippen LogP contribution in [0, 0.1) is 13.8 Å². The molecule has 0 aliphatic rings. The maximum absolute atomic E-state index is 12.9. The average molecular weight is 549 g/mol. The van der Waals surface area contributed by atoms with Gasteiger partial charge in [-0.25, -0.2) is 0 Å². The molecule has 0 fully saturated rings. The molecule has 0 bridgehead atoms. The molecule has 0 unspecified atom stereocenters. The number of hydrogen-bond donors (Lipinski definition) is 4. The van der Waals surface area contributed by atoms with Crippen LogP contribution in [0.4, 0.5) is 22.7 Å². The van der Waals surface area contributed by atoms with Crippen LogP contribution in [0.2, 0.25) is 0 Å². The van der Waals surface area contributed by atoms with Crippen LogP contribution in [-0.2, 0) is 16.0 Å². The number of nitrogens with one attached hydrogen (secondary N) is 4. The highest BCUT2D eigenvalue weighted by molar-refractivity contribution is 6.11. The van der Waals surface area contributed by atoms with Crippen molar-refractivity contribution in [3.05, 3.63) is 118 Å². The third-order valence-corrected chi connectivity index (χ3v) is 6.45. The van der Waals surface area contributed by atoms with Crippen molar-refractivity contribution in [1.29, 1.82) is 0 Å². The lowest BCUT2D eigenvalue weighted by Gasteiger charge is -2.14. The Morgan fingerprint density at radius 2 is 0.902 bits per heavy atom. The number of aryl methyl sites for hydroxylation is 2. The highest BCUT2D eigenvalue weighted by Crippen LogP contribution is 2.25. The smallest absolute Gasteiger partial charge is 0.257 e. The molecule has 0 heterocycles. The molecular formula is C33H32N4O4. The average Bonchev–Trinajstić information content (AvgIpc) is 2.91. The fraction of sp³-hybridized carbons (Fsp3) is 0.152. The maximum Gasteiger partial charge on any atom is 0.257 e. The molecule has 4 amide bonds. The molecule has 208 valence electrons. The van der Waals surface area contributed by atoms with Gasteiger partial charge in [0.05, 0.1) is 22.5 Å². The first kappa shape index (κ1) is 28.8. The van der Waals surface area contributed by atoms with E-state index >= 15 is 0 Å². The van der Waals surface area contributed by atoms with Crippen molar-refractivity contribution in [2.24, 2.45) is 0 Å². The maximum atomic E-state index is 12.9. The molecule has 0 aromatic heterocycles. The summed E-state index contributed by atoms with van der Waals surface area (Å²) in [5, 5.41) is 11.3. The minimum Gasteiger partial charge on any atom is -0.326 e. The van der Waals surface area contributed by atoms with Crippen molar-refractivity contribution in [3.63, 3.8) is 0 Å². The van der Waals surface area contributed by atoms with Crippen molar-refractivity contribution in [3.8, 4) is 0 Å². The quantitative estimate of drug-likeness (QED) is 0.206. The van der Waals surface area contributed by atoms with E-state index in [1.54, 1.807) is 48.5 Å². The lowest BCUT2D eigenvalue weighted by molar-refractivity contribution is -0.115. The molecule has 4 N–H and O–H groups in total. The fourth-order valence-corrected chi connectivity index (χ4v) is 4.53. The van der Waals surface area contributed by atoms with E-state index in [0.717, 1.165) is 22.3 Å². The van der Waals surface area contributed by atoms with Gasteiger partial charge in [0.25, 0.3) is 11.8 Å². The molecule has 4 aromatic rings. The highest BCUT2D eigenvalue weighted by atomic mass is 16.2. The highest BCUT2D eigenvalue weighted by Gasteiger charge is 2.15. The van der Waals surface area contributed by atoms with Gasteiger partial charge < -0.3 is 21.3 Å². The molecule has 8 nitrogen and oxygen atoms in total. The predicted molar refractivity (Wildman–Crippen MR) is 163 cm³/mol. The van der Waals surface area contributed by atoms with E-state index in [2.05, 4.69) is 21.3 Å². The van der Waals surface area contributed by atoms with Gasteiger partial charge in [-0.2, -0.15) is 0 Å². The third-order valence-electron chi connectivity index (χ3n) is 6.45. The van der Waals surface area contributed by atoms with Crippen LogP contribution in [0.5, 0.6) is 0 Å². The van der Waals surface area contributed by atoms with Crippen molar-refractivity contribution < 1.29 is 19.2 Å². The molecule has 0 spiro atoms. The topological polar surface area (TPSA) is 116 Å². The summed E-state index contributed by atoms with van der Waals surface area (Å²) in [6.07, 6.45) is 0.668. The minimum absolute atomic E-state index is 0.247. The molecule has 0 saturated heterocycles. The largest absolute Gasteiger partial charge is 0.326 e. The summed E-state index contributed by atoms with van der Waals surface area (Å²) in [7, 11) is 0. The van der Waals surface area contributed by atoms with Gasteiger partial charge in [-0.05, 0) is 78.9 Å². The van der Waals surface area contributed by atoms with Crippen LogP contribution in [0.1, 0.15) is 56.8 Å². The second kappa shape index (κ2) is 12.7. The first-order valence-electron chi connectivity index (χ1n) is 13.2. The summed E-state index contributed by atoms with van der Waals surface area (Å²) in [6, 6.07) is 25.5. The SMILES string of the molecule is CC(=O)Nc1ccccc1C(=O)Nc1ccc(Cc2ccc(NC(=O)c3ccccc3NC(C)=O)c(C)c2)cc1C. The van der Waals surface area contributed by atoms with E-state index in [1.807, 2.05) is 50.2 Å². The van der Waals surface area contributed by atoms with Gasteiger partial charge >= 0.3 is 0 Å². The van der Waals surface area contributed by atoms with Crippen LogP contribution in [0.15, 0.2) is 84.9 Å². The molecule has 41 heavy (non-hydrogen) atoms. The van der Waals surface area contributed by atoms with Crippen LogP contribution >= 0.6 is 0 Å². The zero-order valence-corrected chi connectivity index (χ0v) is 23.4. The number of para-hydroxylation sites is 2. The van der Waals surface area contributed by atoms with E-state index in [1.165, 1.54) is 13.8 Å². The van der Waals surface area contributed by atoms with Crippen molar-refractivity contribution in [1.82, 2.24) is 0 Å². The first-order valence-corrected chi connectivity index (χ1v) is 13.2. The number of carbonyl (C=O) groups excluding carboxylic acids is 4. The monoisotopic (exact) mass is 548 g/mol. The van der Waals surface area contributed by atoms with E-state index in [4.69, 9.17) is 0 Å². The number of rotatable bonds is 8. The van der Waals surface area contributed by atoms with E-state index in [9.17, 15) is 19.2 Å². The Hall–Kier alpha value is -5.24. The zero-order chi connectivity index (χ0) is 29.5. The van der Waals surface area contributed by atoms with Gasteiger partial charge in [0, 0.05) is 25.2 Å². The molecule has 0 aliphatic heterocycles. The van der Waals surface area contributed by atoms with Crippen molar-refractivity contribution in [2.75, 3.05) is 21.3 Å². The standard InChI is InChI=1S/C33H32N4O4/c1-20-17-24(13-15-28(20)36-32(40)26-9-5-7-11-30(26)34-22(3)38)19-25-14-16-29(21(2)18-25)37-33(41)27-10-6-8-12-31(27)35-23(4)39/h5-18H,19H2,1-4H3,(H,34,38)(H,35,39)(H,36,40)(H,37,41). The Kier molecular flexibility index (Phi) is 8.94. The molecule has 4 aromatic carbocycles. The second-order valence-corrected chi connectivity index (χ2v) is 9.84. The Morgan fingerprint density at radius 3 is 1.27 bits per heavy atom. The lowest BCUT2D eigenvalue weighted by Crippen LogP contribution is -2.17. The number of carbonyl (C=O) groups is 4. The van der Waals surface area contributed by atoms with Gasteiger partial charge in [-0.3, -0.25) is 19.2 Å². The van der Waals surface area contributed by atoms with E-state index in [0.29, 0.717) is 40.3 Å². The Labute approximate surface area is 239 Å². The zero-order valence-electron chi connectivity index (χ0n) is 23.4. The summed E-state index contributed by atoms with van der Waals surface area (Å²) in [5.41, 5.74) is 7.00. The molecule has 4 rings (SSSR count).